The maximum absolute atomic E-state index is 5.23. The van der Waals surface area contributed by atoms with Crippen LogP contribution in [0.15, 0.2) is 0 Å². The van der Waals surface area contributed by atoms with Crippen molar-refractivity contribution in [2.24, 2.45) is 0 Å². The molecule has 2 nitrogen and oxygen atoms in total. The number of nitrogens with one attached hydrogen (secondary N) is 1. The van der Waals surface area contributed by atoms with E-state index in [1.807, 2.05) is 0 Å². The average molecular weight is 222 g/mol. The fourth-order valence-corrected chi connectivity index (χ4v) is 1.87. The minimum absolute atomic E-state index is 0. The van der Waals surface area contributed by atoms with Gasteiger partial charge in [-0.1, -0.05) is 31.5 Å². The third-order valence-electron chi connectivity index (χ3n) is 2.50. The molecule has 0 aromatic rings. The van der Waals surface area contributed by atoms with Crippen LogP contribution in [0.25, 0.3) is 5.32 Å². The zero-order valence-corrected chi connectivity index (χ0v) is 12.2. The van der Waals surface area contributed by atoms with E-state index in [1.165, 1.54) is 17.7 Å². The van der Waals surface area contributed by atoms with Gasteiger partial charge in [0.05, 0.1) is 0 Å². The summed E-state index contributed by atoms with van der Waals surface area (Å²) in [4.78, 5) is 1.21. The Labute approximate surface area is 128 Å². The molecule has 1 saturated carbocycles. The molecule has 0 spiro atoms. The summed E-state index contributed by atoms with van der Waals surface area (Å²) < 4.78 is 0. The van der Waals surface area contributed by atoms with Crippen LogP contribution in [-0.2, 0) is 0 Å². The van der Waals surface area contributed by atoms with Crippen molar-refractivity contribution in [1.29, 1.82) is 0 Å². The SMILES string of the molecule is S=C1CCNC1CC[N-]C1CC1.[K+]. The molecule has 0 aromatic heterocycles. The molecule has 2 fully saturated rings. The number of rotatable bonds is 4. The van der Waals surface area contributed by atoms with Crippen LogP contribution in [0.2, 0.25) is 0 Å². The average Bonchev–Trinajstić information content (AvgIpc) is 2.78. The fraction of sp³-hybridized carbons (Fsp3) is 0.889. The van der Waals surface area contributed by atoms with Crippen LogP contribution >= 0.6 is 12.2 Å². The smallest absolute Gasteiger partial charge is 0.659 e. The number of hydrogen-bond acceptors (Lipinski definition) is 2. The Balaban J connectivity index is 0.000000845. The van der Waals surface area contributed by atoms with Gasteiger partial charge in [-0.05, 0) is 6.42 Å². The summed E-state index contributed by atoms with van der Waals surface area (Å²) in [6.07, 6.45) is 4.85. The van der Waals surface area contributed by atoms with Gasteiger partial charge in [-0.3, -0.25) is 0 Å². The van der Waals surface area contributed by atoms with Crippen molar-refractivity contribution < 1.29 is 51.4 Å². The zero-order valence-electron chi connectivity index (χ0n) is 8.25. The Hall–Kier alpha value is 1.65. The molecule has 68 valence electrons. The molecule has 4 heteroatoms. The summed E-state index contributed by atoms with van der Waals surface area (Å²) in [6, 6.07) is 1.20. The van der Waals surface area contributed by atoms with Crippen LogP contribution in [0.1, 0.15) is 25.7 Å². The minimum Gasteiger partial charge on any atom is -0.659 e. The predicted molar refractivity (Wildman–Crippen MR) is 54.9 cm³/mol. The minimum atomic E-state index is 0. The monoisotopic (exact) mass is 222 g/mol. The quantitative estimate of drug-likeness (QED) is 0.470. The van der Waals surface area contributed by atoms with Crippen molar-refractivity contribution in [2.45, 2.75) is 37.8 Å². The van der Waals surface area contributed by atoms with Gasteiger partial charge in [0.15, 0.2) is 0 Å². The van der Waals surface area contributed by atoms with Gasteiger partial charge in [0, 0.05) is 17.5 Å². The molecular formula is C9H15KN2S. The van der Waals surface area contributed by atoms with Gasteiger partial charge in [-0.25, -0.2) is 0 Å². The molecule has 2 rings (SSSR count). The van der Waals surface area contributed by atoms with E-state index in [2.05, 4.69) is 10.6 Å². The van der Waals surface area contributed by atoms with E-state index in [0.717, 1.165) is 25.9 Å². The molecular weight excluding hydrogens is 207 g/mol. The van der Waals surface area contributed by atoms with Crippen molar-refractivity contribution in [3.8, 4) is 0 Å². The first-order valence-electron chi connectivity index (χ1n) is 4.79. The third-order valence-corrected chi connectivity index (χ3v) is 2.99. The largest absolute Gasteiger partial charge is 1.00 e. The van der Waals surface area contributed by atoms with Crippen LogP contribution in [-0.4, -0.2) is 30.0 Å². The van der Waals surface area contributed by atoms with E-state index in [9.17, 15) is 0 Å². The van der Waals surface area contributed by atoms with Gasteiger partial charge >= 0.3 is 51.4 Å². The summed E-state index contributed by atoms with van der Waals surface area (Å²) in [5.74, 6) is 0. The second-order valence-corrected chi connectivity index (χ2v) is 4.17. The van der Waals surface area contributed by atoms with Crippen LogP contribution < -0.4 is 56.7 Å². The summed E-state index contributed by atoms with van der Waals surface area (Å²) in [5.41, 5.74) is 0. The summed E-state index contributed by atoms with van der Waals surface area (Å²) >= 11 is 5.23. The summed E-state index contributed by atoms with van der Waals surface area (Å²) in [7, 11) is 0. The molecule has 1 atom stereocenters. The second-order valence-electron chi connectivity index (χ2n) is 3.65. The first-order chi connectivity index (χ1) is 5.86. The molecule has 1 N–H and O–H groups in total. The predicted octanol–water partition coefficient (Wildman–Crippen LogP) is -1.35. The van der Waals surface area contributed by atoms with E-state index in [-0.39, 0.29) is 51.4 Å². The van der Waals surface area contributed by atoms with E-state index >= 15 is 0 Å². The van der Waals surface area contributed by atoms with Gasteiger partial charge in [-0.15, -0.1) is 12.6 Å². The molecule has 1 unspecified atom stereocenters. The molecule has 1 heterocycles. The second kappa shape index (κ2) is 6.28. The molecule has 1 saturated heterocycles. The molecule has 0 bridgehead atoms. The number of nitrogens with zero attached hydrogens (tertiary/aromatic N) is 1. The molecule has 0 radical (unpaired) electrons. The first-order valence-corrected chi connectivity index (χ1v) is 5.20. The van der Waals surface area contributed by atoms with E-state index in [0.29, 0.717) is 12.1 Å². The van der Waals surface area contributed by atoms with E-state index < -0.39 is 0 Å². The molecule has 0 aromatic carbocycles. The van der Waals surface area contributed by atoms with Crippen molar-refractivity contribution in [2.75, 3.05) is 13.1 Å². The van der Waals surface area contributed by atoms with Crippen LogP contribution in [0.4, 0.5) is 0 Å². The number of hydrogen-bond donors (Lipinski definition) is 1. The van der Waals surface area contributed by atoms with Gasteiger partial charge in [0.2, 0.25) is 0 Å². The zero-order chi connectivity index (χ0) is 8.39. The fourth-order valence-electron chi connectivity index (χ4n) is 1.56. The van der Waals surface area contributed by atoms with Crippen LogP contribution in [0, 0.1) is 0 Å². The molecule has 1 aliphatic heterocycles. The Bertz CT molecular complexity index is 182. The Kier molecular flexibility index (Phi) is 6.14. The first kappa shape index (κ1) is 12.7. The van der Waals surface area contributed by atoms with Crippen molar-refractivity contribution >= 4 is 17.1 Å². The normalized spacial score (nSPS) is 27.4. The van der Waals surface area contributed by atoms with E-state index in [1.54, 1.807) is 0 Å². The molecule has 13 heavy (non-hydrogen) atoms. The van der Waals surface area contributed by atoms with Gasteiger partial charge < -0.3 is 10.6 Å². The molecule has 2 aliphatic rings. The van der Waals surface area contributed by atoms with E-state index in [4.69, 9.17) is 12.2 Å². The maximum Gasteiger partial charge on any atom is 1.00 e. The Morgan fingerprint density at radius 1 is 1.46 bits per heavy atom. The summed E-state index contributed by atoms with van der Waals surface area (Å²) in [5, 5.41) is 7.93. The molecule has 0 amide bonds. The van der Waals surface area contributed by atoms with Crippen LogP contribution in [0.5, 0.6) is 0 Å². The van der Waals surface area contributed by atoms with Gasteiger partial charge in [0.1, 0.15) is 0 Å². The number of thiocarbonyl (C=S) groups is 1. The van der Waals surface area contributed by atoms with Crippen molar-refractivity contribution in [1.82, 2.24) is 5.32 Å². The topological polar surface area (TPSA) is 26.1 Å². The maximum atomic E-state index is 5.23. The van der Waals surface area contributed by atoms with Gasteiger partial charge in [0.25, 0.3) is 0 Å². The standard InChI is InChI=1S/C9H15N2S.K/c12-9-4-6-11-8(9)3-5-10-7-1-2-7;/h7-8,11H,1-6H2;/q-1;+1. The Morgan fingerprint density at radius 2 is 2.23 bits per heavy atom. The summed E-state index contributed by atoms with van der Waals surface area (Å²) in [6.45, 7) is 2.08. The Morgan fingerprint density at radius 3 is 2.77 bits per heavy atom. The van der Waals surface area contributed by atoms with Gasteiger partial charge in [-0.2, -0.15) is 0 Å². The van der Waals surface area contributed by atoms with Crippen LogP contribution in [0.3, 0.4) is 0 Å². The van der Waals surface area contributed by atoms with Crippen molar-refractivity contribution in [3.05, 3.63) is 5.32 Å². The van der Waals surface area contributed by atoms with Crippen molar-refractivity contribution in [3.63, 3.8) is 0 Å². The molecule has 1 aliphatic carbocycles. The third kappa shape index (κ3) is 4.34.